The van der Waals surface area contributed by atoms with Gasteiger partial charge >= 0.3 is 0 Å². The standard InChI is InChI=1S/C8H16N4S/c1-3-5-12(6-4-9-2)8-10-7-11-13-8/h7,9H,3-6H2,1-2H3. The molecule has 0 saturated heterocycles. The van der Waals surface area contributed by atoms with Crippen molar-refractivity contribution >= 4 is 16.7 Å². The van der Waals surface area contributed by atoms with Crippen LogP contribution in [0.25, 0.3) is 0 Å². The van der Waals surface area contributed by atoms with Crippen molar-refractivity contribution in [2.24, 2.45) is 0 Å². The predicted octanol–water partition coefficient (Wildman–Crippen LogP) is 0.974. The van der Waals surface area contributed by atoms with Crippen LogP contribution in [0.2, 0.25) is 0 Å². The lowest BCUT2D eigenvalue weighted by Gasteiger charge is -2.19. The van der Waals surface area contributed by atoms with Gasteiger partial charge < -0.3 is 10.2 Å². The first-order valence-corrected chi connectivity index (χ1v) is 5.32. The second kappa shape index (κ2) is 5.88. The Morgan fingerprint density at radius 3 is 2.92 bits per heavy atom. The zero-order valence-electron chi connectivity index (χ0n) is 8.16. The van der Waals surface area contributed by atoms with Gasteiger partial charge in [0.15, 0.2) is 0 Å². The lowest BCUT2D eigenvalue weighted by atomic mass is 10.4. The van der Waals surface area contributed by atoms with E-state index in [1.807, 2.05) is 7.05 Å². The second-order valence-corrected chi connectivity index (χ2v) is 3.57. The van der Waals surface area contributed by atoms with Crippen molar-refractivity contribution in [1.82, 2.24) is 14.7 Å². The molecule has 0 bridgehead atoms. The van der Waals surface area contributed by atoms with Gasteiger partial charge in [0.05, 0.1) is 0 Å². The molecule has 5 heteroatoms. The van der Waals surface area contributed by atoms with Crippen LogP contribution in [0.5, 0.6) is 0 Å². The lowest BCUT2D eigenvalue weighted by molar-refractivity contribution is 0.708. The molecule has 1 aromatic rings. The fourth-order valence-corrected chi connectivity index (χ4v) is 1.71. The molecule has 1 aromatic heterocycles. The zero-order chi connectivity index (χ0) is 9.52. The van der Waals surface area contributed by atoms with Crippen LogP contribution in [0, 0.1) is 0 Å². The maximum absolute atomic E-state index is 4.19. The van der Waals surface area contributed by atoms with E-state index in [0.717, 1.165) is 31.2 Å². The Morgan fingerprint density at radius 1 is 1.54 bits per heavy atom. The molecule has 0 aliphatic carbocycles. The molecule has 0 atom stereocenters. The van der Waals surface area contributed by atoms with Crippen LogP contribution in [-0.2, 0) is 0 Å². The topological polar surface area (TPSA) is 41.0 Å². The van der Waals surface area contributed by atoms with Crippen molar-refractivity contribution in [2.75, 3.05) is 31.6 Å². The predicted molar refractivity (Wildman–Crippen MR) is 56.3 cm³/mol. The number of nitrogens with zero attached hydrogens (tertiary/aromatic N) is 3. The average molecular weight is 200 g/mol. The molecular formula is C8H16N4S. The van der Waals surface area contributed by atoms with Crippen molar-refractivity contribution in [3.63, 3.8) is 0 Å². The molecule has 0 amide bonds. The number of hydrogen-bond donors (Lipinski definition) is 1. The van der Waals surface area contributed by atoms with Crippen molar-refractivity contribution in [3.05, 3.63) is 6.33 Å². The van der Waals surface area contributed by atoms with E-state index in [9.17, 15) is 0 Å². The van der Waals surface area contributed by atoms with E-state index in [1.165, 1.54) is 11.5 Å². The van der Waals surface area contributed by atoms with Crippen LogP contribution >= 0.6 is 11.5 Å². The molecule has 0 aliphatic rings. The van der Waals surface area contributed by atoms with E-state index in [-0.39, 0.29) is 0 Å². The molecule has 0 aliphatic heterocycles. The van der Waals surface area contributed by atoms with Gasteiger partial charge in [-0.05, 0) is 13.5 Å². The molecule has 0 aromatic carbocycles. The number of rotatable bonds is 6. The number of likely N-dealkylation sites (N-methyl/N-ethyl adjacent to an activating group) is 1. The Balaban J connectivity index is 2.47. The molecule has 0 fully saturated rings. The maximum Gasteiger partial charge on any atom is 0.204 e. The summed E-state index contributed by atoms with van der Waals surface area (Å²) in [6.45, 7) is 5.21. The molecule has 1 heterocycles. The van der Waals surface area contributed by atoms with Crippen molar-refractivity contribution in [2.45, 2.75) is 13.3 Å². The van der Waals surface area contributed by atoms with Crippen molar-refractivity contribution < 1.29 is 0 Å². The van der Waals surface area contributed by atoms with E-state index in [4.69, 9.17) is 0 Å². The highest BCUT2D eigenvalue weighted by molar-refractivity contribution is 7.09. The normalized spacial score (nSPS) is 10.3. The van der Waals surface area contributed by atoms with E-state index >= 15 is 0 Å². The van der Waals surface area contributed by atoms with Gasteiger partial charge in [0, 0.05) is 31.2 Å². The van der Waals surface area contributed by atoms with Gasteiger partial charge in [0.25, 0.3) is 0 Å². The molecule has 74 valence electrons. The van der Waals surface area contributed by atoms with Crippen LogP contribution in [0.15, 0.2) is 6.33 Å². The number of hydrogen-bond acceptors (Lipinski definition) is 5. The number of nitrogens with one attached hydrogen (secondary N) is 1. The van der Waals surface area contributed by atoms with E-state index < -0.39 is 0 Å². The second-order valence-electron chi connectivity index (χ2n) is 2.81. The van der Waals surface area contributed by atoms with E-state index in [0.29, 0.717) is 0 Å². The first-order valence-electron chi connectivity index (χ1n) is 4.54. The fourth-order valence-electron chi connectivity index (χ4n) is 1.13. The Hall–Kier alpha value is -0.680. The first-order chi connectivity index (χ1) is 6.38. The molecule has 1 rings (SSSR count). The molecule has 0 radical (unpaired) electrons. The van der Waals surface area contributed by atoms with Gasteiger partial charge in [-0.3, -0.25) is 0 Å². The van der Waals surface area contributed by atoms with Crippen molar-refractivity contribution in [1.29, 1.82) is 0 Å². The molecule has 0 spiro atoms. The minimum Gasteiger partial charge on any atom is -0.346 e. The van der Waals surface area contributed by atoms with Crippen LogP contribution in [0.1, 0.15) is 13.3 Å². The SMILES string of the molecule is CCCN(CCNC)c1ncns1. The quantitative estimate of drug-likeness (QED) is 0.743. The smallest absolute Gasteiger partial charge is 0.204 e. The highest BCUT2D eigenvalue weighted by atomic mass is 32.1. The Bertz CT molecular complexity index is 212. The summed E-state index contributed by atoms with van der Waals surface area (Å²) in [5.74, 6) is 0. The molecule has 0 saturated carbocycles. The highest BCUT2D eigenvalue weighted by Crippen LogP contribution is 2.13. The number of anilines is 1. The summed E-state index contributed by atoms with van der Waals surface area (Å²) in [5, 5.41) is 4.16. The molecule has 0 unspecified atom stereocenters. The van der Waals surface area contributed by atoms with Gasteiger partial charge in [-0.25, -0.2) is 4.98 Å². The third-order valence-electron chi connectivity index (χ3n) is 1.75. The van der Waals surface area contributed by atoms with Gasteiger partial charge in [0.1, 0.15) is 6.33 Å². The summed E-state index contributed by atoms with van der Waals surface area (Å²) in [5.41, 5.74) is 0. The van der Waals surface area contributed by atoms with Gasteiger partial charge in [-0.2, -0.15) is 4.37 Å². The summed E-state index contributed by atoms with van der Waals surface area (Å²) >= 11 is 1.46. The van der Waals surface area contributed by atoms with Gasteiger partial charge in [0.2, 0.25) is 5.13 Å². The molecular weight excluding hydrogens is 184 g/mol. The third kappa shape index (κ3) is 3.28. The van der Waals surface area contributed by atoms with E-state index in [2.05, 4.69) is 26.5 Å². The summed E-state index contributed by atoms with van der Waals surface area (Å²) in [4.78, 5) is 6.45. The number of aromatic nitrogens is 2. The van der Waals surface area contributed by atoms with Crippen LogP contribution in [-0.4, -0.2) is 36.0 Å². The minimum absolute atomic E-state index is 0.986. The minimum atomic E-state index is 0.986. The third-order valence-corrected chi connectivity index (χ3v) is 2.47. The summed E-state index contributed by atoms with van der Waals surface area (Å²) in [6, 6.07) is 0. The zero-order valence-corrected chi connectivity index (χ0v) is 8.97. The lowest BCUT2D eigenvalue weighted by Crippen LogP contribution is -2.31. The Morgan fingerprint density at radius 2 is 2.38 bits per heavy atom. The average Bonchev–Trinajstić information content (AvgIpc) is 2.65. The summed E-state index contributed by atoms with van der Waals surface area (Å²) in [7, 11) is 1.96. The Labute approximate surface area is 83.2 Å². The van der Waals surface area contributed by atoms with Crippen LogP contribution < -0.4 is 10.2 Å². The largest absolute Gasteiger partial charge is 0.346 e. The van der Waals surface area contributed by atoms with Crippen LogP contribution in [0.3, 0.4) is 0 Å². The molecule has 4 nitrogen and oxygen atoms in total. The Kier molecular flexibility index (Phi) is 4.70. The fraction of sp³-hybridized carbons (Fsp3) is 0.750. The van der Waals surface area contributed by atoms with Crippen molar-refractivity contribution in [3.8, 4) is 0 Å². The van der Waals surface area contributed by atoms with E-state index in [1.54, 1.807) is 6.33 Å². The van der Waals surface area contributed by atoms with Gasteiger partial charge in [-0.15, -0.1) is 0 Å². The monoisotopic (exact) mass is 200 g/mol. The summed E-state index contributed by atoms with van der Waals surface area (Å²) in [6.07, 6.45) is 2.76. The molecule has 1 N–H and O–H groups in total. The first kappa shape index (κ1) is 10.4. The summed E-state index contributed by atoms with van der Waals surface area (Å²) < 4.78 is 4.00. The van der Waals surface area contributed by atoms with Gasteiger partial charge in [-0.1, -0.05) is 6.92 Å². The van der Waals surface area contributed by atoms with Crippen LogP contribution in [0.4, 0.5) is 5.13 Å². The highest BCUT2D eigenvalue weighted by Gasteiger charge is 2.06. The maximum atomic E-state index is 4.19. The molecule has 13 heavy (non-hydrogen) atoms.